The van der Waals surface area contributed by atoms with Crippen molar-refractivity contribution in [2.24, 2.45) is 0 Å². The molecule has 1 atom stereocenters. The Labute approximate surface area is 124 Å². The Balaban J connectivity index is 2.24. The van der Waals surface area contributed by atoms with Gasteiger partial charge in [-0.15, -0.1) is 0 Å². The first-order valence-electron chi connectivity index (χ1n) is 6.68. The van der Waals surface area contributed by atoms with Gasteiger partial charge in [-0.1, -0.05) is 6.07 Å². The van der Waals surface area contributed by atoms with Crippen molar-refractivity contribution in [2.45, 2.75) is 13.0 Å². The van der Waals surface area contributed by atoms with Crippen molar-refractivity contribution in [1.29, 1.82) is 0 Å². The van der Waals surface area contributed by atoms with E-state index in [4.69, 9.17) is 14.2 Å². The van der Waals surface area contributed by atoms with Gasteiger partial charge >= 0.3 is 0 Å². The van der Waals surface area contributed by atoms with Gasteiger partial charge in [0.05, 0.1) is 20.8 Å². The number of benzene rings is 1. The van der Waals surface area contributed by atoms with Gasteiger partial charge in [-0.05, 0) is 30.7 Å². The van der Waals surface area contributed by atoms with Crippen LogP contribution in [0, 0.1) is 0 Å². The molecule has 2 aromatic rings. The molecule has 1 unspecified atom stereocenters. The summed E-state index contributed by atoms with van der Waals surface area (Å²) in [5.41, 5.74) is 1.39. The van der Waals surface area contributed by atoms with Crippen molar-refractivity contribution in [3.63, 3.8) is 0 Å². The number of hydrogen-bond donors (Lipinski definition) is 1. The van der Waals surface area contributed by atoms with Crippen molar-refractivity contribution in [3.05, 3.63) is 47.7 Å². The second-order valence-corrected chi connectivity index (χ2v) is 4.38. The lowest BCUT2D eigenvalue weighted by Gasteiger charge is -2.14. The maximum atomic E-state index is 10.4. The third-order valence-corrected chi connectivity index (χ3v) is 3.09. The molecule has 2 rings (SSSR count). The van der Waals surface area contributed by atoms with Crippen LogP contribution in [0.2, 0.25) is 0 Å². The molecule has 0 aliphatic rings. The summed E-state index contributed by atoms with van der Waals surface area (Å²) < 4.78 is 15.7. The minimum absolute atomic E-state index is 0.542. The summed E-state index contributed by atoms with van der Waals surface area (Å²) in [5, 5.41) is 10.4. The molecule has 1 heterocycles. The third-order valence-electron chi connectivity index (χ3n) is 3.09. The summed E-state index contributed by atoms with van der Waals surface area (Å²) in [6.07, 6.45) is 0.819. The molecule has 0 spiro atoms. The van der Waals surface area contributed by atoms with E-state index < -0.39 is 6.10 Å². The molecule has 5 heteroatoms. The van der Waals surface area contributed by atoms with E-state index >= 15 is 0 Å². The molecule has 21 heavy (non-hydrogen) atoms. The average Bonchev–Trinajstić information content (AvgIpc) is 2.54. The monoisotopic (exact) mass is 289 g/mol. The molecule has 0 saturated heterocycles. The lowest BCUT2D eigenvalue weighted by Crippen LogP contribution is -2.02. The number of methoxy groups -OCH3 is 2. The molecule has 0 aliphatic carbocycles. The highest BCUT2D eigenvalue weighted by atomic mass is 16.5. The van der Waals surface area contributed by atoms with E-state index in [9.17, 15) is 5.11 Å². The van der Waals surface area contributed by atoms with Crippen LogP contribution in [0.25, 0.3) is 0 Å². The lowest BCUT2D eigenvalue weighted by atomic mass is 10.0. The Morgan fingerprint density at radius 2 is 1.76 bits per heavy atom. The fraction of sp³-hybridized carbons (Fsp3) is 0.312. The minimum Gasteiger partial charge on any atom is -0.493 e. The van der Waals surface area contributed by atoms with Crippen molar-refractivity contribution in [3.8, 4) is 17.4 Å². The maximum Gasteiger partial charge on any atom is 0.213 e. The molecule has 0 aliphatic heterocycles. The van der Waals surface area contributed by atoms with Gasteiger partial charge in [0.15, 0.2) is 11.5 Å². The number of ether oxygens (including phenoxy) is 3. The Kier molecular flexibility index (Phi) is 5.00. The van der Waals surface area contributed by atoms with Crippen LogP contribution in [0.1, 0.15) is 24.2 Å². The van der Waals surface area contributed by atoms with Crippen LogP contribution in [0.5, 0.6) is 17.4 Å². The Bertz CT molecular complexity index is 583. The van der Waals surface area contributed by atoms with E-state index in [0.29, 0.717) is 35.1 Å². The van der Waals surface area contributed by atoms with E-state index in [2.05, 4.69) is 4.98 Å². The van der Waals surface area contributed by atoms with E-state index in [-0.39, 0.29) is 0 Å². The third kappa shape index (κ3) is 3.44. The smallest absolute Gasteiger partial charge is 0.213 e. The van der Waals surface area contributed by atoms with E-state index in [1.807, 2.05) is 6.92 Å². The Morgan fingerprint density at radius 3 is 2.33 bits per heavy atom. The molecule has 0 bridgehead atoms. The Morgan fingerprint density at radius 1 is 1.05 bits per heavy atom. The summed E-state index contributed by atoms with van der Waals surface area (Å²) in [6.45, 7) is 2.46. The zero-order valence-corrected chi connectivity index (χ0v) is 12.4. The highest BCUT2D eigenvalue weighted by Gasteiger charge is 2.14. The van der Waals surface area contributed by atoms with Gasteiger partial charge in [0.25, 0.3) is 0 Å². The fourth-order valence-electron chi connectivity index (χ4n) is 2.00. The van der Waals surface area contributed by atoms with Crippen molar-refractivity contribution >= 4 is 0 Å². The number of aliphatic hydroxyl groups is 1. The minimum atomic E-state index is -0.784. The molecule has 1 aromatic heterocycles. The number of aliphatic hydroxyl groups excluding tert-OH is 1. The molecular weight excluding hydrogens is 270 g/mol. The highest BCUT2D eigenvalue weighted by molar-refractivity contribution is 5.45. The fourth-order valence-corrected chi connectivity index (χ4v) is 2.00. The van der Waals surface area contributed by atoms with Crippen LogP contribution in [0.3, 0.4) is 0 Å². The number of pyridine rings is 1. The van der Waals surface area contributed by atoms with Crippen LogP contribution >= 0.6 is 0 Å². The predicted molar refractivity (Wildman–Crippen MR) is 79.0 cm³/mol. The summed E-state index contributed by atoms with van der Waals surface area (Å²) in [7, 11) is 3.14. The molecule has 0 amide bonds. The maximum absolute atomic E-state index is 10.4. The largest absolute Gasteiger partial charge is 0.493 e. The highest BCUT2D eigenvalue weighted by Crippen LogP contribution is 2.32. The van der Waals surface area contributed by atoms with Crippen molar-refractivity contribution in [1.82, 2.24) is 4.98 Å². The predicted octanol–water partition coefficient (Wildman–Crippen LogP) is 2.58. The first kappa shape index (κ1) is 15.1. The molecular formula is C16H19NO4. The molecule has 0 saturated carbocycles. The van der Waals surface area contributed by atoms with Crippen LogP contribution in [-0.2, 0) is 0 Å². The number of rotatable bonds is 6. The first-order valence-corrected chi connectivity index (χ1v) is 6.68. The molecule has 112 valence electrons. The number of nitrogens with zero attached hydrogens (tertiary/aromatic N) is 1. The normalized spacial score (nSPS) is 11.8. The number of hydrogen-bond acceptors (Lipinski definition) is 5. The van der Waals surface area contributed by atoms with E-state index in [0.717, 1.165) is 0 Å². The zero-order valence-electron chi connectivity index (χ0n) is 12.4. The van der Waals surface area contributed by atoms with E-state index in [1.54, 1.807) is 50.7 Å². The molecule has 0 fully saturated rings. The van der Waals surface area contributed by atoms with Crippen LogP contribution in [0.4, 0.5) is 0 Å². The second kappa shape index (κ2) is 6.95. The summed E-state index contributed by atoms with van der Waals surface area (Å²) >= 11 is 0. The summed E-state index contributed by atoms with van der Waals surface area (Å²) in [6, 6.07) is 8.84. The van der Waals surface area contributed by atoms with Gasteiger partial charge < -0.3 is 19.3 Å². The van der Waals surface area contributed by atoms with Crippen LogP contribution in [-0.4, -0.2) is 30.9 Å². The second-order valence-electron chi connectivity index (χ2n) is 4.38. The van der Waals surface area contributed by atoms with Gasteiger partial charge in [0, 0.05) is 17.8 Å². The molecule has 1 aromatic carbocycles. The van der Waals surface area contributed by atoms with Crippen LogP contribution in [0.15, 0.2) is 36.5 Å². The van der Waals surface area contributed by atoms with Gasteiger partial charge in [-0.3, -0.25) is 0 Å². The quantitative estimate of drug-likeness (QED) is 0.885. The lowest BCUT2D eigenvalue weighted by molar-refractivity contribution is 0.218. The SMILES string of the molecule is CCOc1ccc(C(O)c2ccc(OC)c(OC)c2)cn1. The number of aromatic nitrogens is 1. The summed E-state index contributed by atoms with van der Waals surface area (Å²) in [4.78, 5) is 4.15. The molecule has 0 radical (unpaired) electrons. The van der Waals surface area contributed by atoms with Gasteiger partial charge in [-0.2, -0.15) is 0 Å². The molecule has 5 nitrogen and oxygen atoms in total. The van der Waals surface area contributed by atoms with Crippen molar-refractivity contribution < 1.29 is 19.3 Å². The topological polar surface area (TPSA) is 60.8 Å². The molecule has 1 N–H and O–H groups in total. The van der Waals surface area contributed by atoms with Crippen molar-refractivity contribution in [2.75, 3.05) is 20.8 Å². The van der Waals surface area contributed by atoms with E-state index in [1.165, 1.54) is 0 Å². The zero-order chi connectivity index (χ0) is 15.2. The standard InChI is InChI=1S/C16H19NO4/c1-4-21-15-8-6-12(10-17-15)16(18)11-5-7-13(19-2)14(9-11)20-3/h5-10,16,18H,4H2,1-3H3. The average molecular weight is 289 g/mol. The van der Waals surface area contributed by atoms with Gasteiger partial charge in [0.1, 0.15) is 6.10 Å². The first-order chi connectivity index (χ1) is 10.2. The van der Waals surface area contributed by atoms with Gasteiger partial charge in [0.2, 0.25) is 5.88 Å². The Hall–Kier alpha value is -2.27. The summed E-state index contributed by atoms with van der Waals surface area (Å²) in [5.74, 6) is 1.74. The van der Waals surface area contributed by atoms with Gasteiger partial charge in [-0.25, -0.2) is 4.98 Å². The van der Waals surface area contributed by atoms with Crippen LogP contribution < -0.4 is 14.2 Å².